The Hall–Kier alpha value is -1.21. The van der Waals surface area contributed by atoms with E-state index < -0.39 is 47.1 Å². The van der Waals surface area contributed by atoms with Crippen LogP contribution >= 0.6 is 0 Å². The van der Waals surface area contributed by atoms with Gasteiger partial charge in [0.2, 0.25) is 0 Å². The van der Waals surface area contributed by atoms with Crippen molar-refractivity contribution in [2.75, 3.05) is 0 Å². The third kappa shape index (κ3) is 1.70. The number of likely N-dealkylation sites (tertiary alicyclic amines) is 1. The molecule has 0 saturated carbocycles. The molecule has 0 amide bonds. The molecular weight excluding hydrogens is 342 g/mol. The van der Waals surface area contributed by atoms with Crippen molar-refractivity contribution >= 4 is 6.29 Å². The van der Waals surface area contributed by atoms with Crippen molar-refractivity contribution in [3.63, 3.8) is 0 Å². The van der Waals surface area contributed by atoms with E-state index in [9.17, 15) is 57.5 Å². The standard InChI is InChI=1S/C7HF12NO/c8-2(9,1-21)5(14,15)20-6(16,17)3(10,11)4(12,13)7(20,18)19/h1H. The third-order valence-corrected chi connectivity index (χ3v) is 2.54. The third-order valence-electron chi connectivity index (χ3n) is 2.54. The van der Waals surface area contributed by atoms with Crippen molar-refractivity contribution in [2.45, 2.75) is 35.9 Å². The molecule has 0 spiro atoms. The zero-order valence-corrected chi connectivity index (χ0v) is 8.97. The van der Waals surface area contributed by atoms with E-state index in [0.29, 0.717) is 0 Å². The molecule has 0 aromatic carbocycles. The van der Waals surface area contributed by atoms with E-state index >= 15 is 0 Å². The Morgan fingerprint density at radius 3 is 1.24 bits per heavy atom. The van der Waals surface area contributed by atoms with E-state index in [2.05, 4.69) is 0 Å². The molecule has 0 N–H and O–H groups in total. The van der Waals surface area contributed by atoms with Gasteiger partial charge in [0, 0.05) is 0 Å². The minimum Gasteiger partial charge on any atom is -0.296 e. The molecule has 1 fully saturated rings. The summed E-state index contributed by atoms with van der Waals surface area (Å²) in [6.07, 6.45) is -2.12. The molecule has 1 aliphatic heterocycles. The predicted molar refractivity (Wildman–Crippen MR) is 37.6 cm³/mol. The van der Waals surface area contributed by atoms with Gasteiger partial charge in [0.25, 0.3) is 0 Å². The van der Waals surface area contributed by atoms with Crippen LogP contribution < -0.4 is 0 Å². The Morgan fingerprint density at radius 2 is 1.00 bits per heavy atom. The van der Waals surface area contributed by atoms with Gasteiger partial charge in [-0.15, -0.1) is 4.90 Å². The normalized spacial score (nSPS) is 27.6. The lowest BCUT2D eigenvalue weighted by Crippen LogP contribution is -2.65. The fourth-order valence-electron chi connectivity index (χ4n) is 1.41. The van der Waals surface area contributed by atoms with E-state index in [-0.39, 0.29) is 0 Å². The van der Waals surface area contributed by atoms with Crippen molar-refractivity contribution in [1.29, 1.82) is 0 Å². The second kappa shape index (κ2) is 3.95. The van der Waals surface area contributed by atoms with Crippen LogP contribution in [0.3, 0.4) is 0 Å². The van der Waals surface area contributed by atoms with Gasteiger partial charge in [-0.1, -0.05) is 0 Å². The topological polar surface area (TPSA) is 20.3 Å². The van der Waals surface area contributed by atoms with E-state index in [4.69, 9.17) is 0 Å². The molecule has 0 bridgehead atoms. The smallest absolute Gasteiger partial charge is 0.296 e. The molecule has 0 aromatic heterocycles. The van der Waals surface area contributed by atoms with Crippen LogP contribution in [0.25, 0.3) is 0 Å². The number of hydrogen-bond donors (Lipinski definition) is 0. The lowest BCUT2D eigenvalue weighted by Gasteiger charge is -2.36. The average molecular weight is 343 g/mol. The fraction of sp³-hybridized carbons (Fsp3) is 0.857. The van der Waals surface area contributed by atoms with Crippen molar-refractivity contribution in [1.82, 2.24) is 4.90 Å². The minimum absolute atomic E-state index is 2.12. The fourth-order valence-corrected chi connectivity index (χ4v) is 1.41. The van der Waals surface area contributed by atoms with E-state index in [1.165, 1.54) is 0 Å². The highest BCUT2D eigenvalue weighted by Gasteiger charge is 2.97. The minimum atomic E-state index is -7.11. The predicted octanol–water partition coefficient (Wildman–Crippen LogP) is 3.19. The van der Waals surface area contributed by atoms with Crippen LogP contribution in [0.5, 0.6) is 0 Å². The number of hydrogen-bond acceptors (Lipinski definition) is 2. The zero-order valence-electron chi connectivity index (χ0n) is 8.97. The number of halogens is 12. The van der Waals surface area contributed by atoms with Gasteiger partial charge in [0.05, 0.1) is 0 Å². The van der Waals surface area contributed by atoms with Crippen LogP contribution in [0.2, 0.25) is 0 Å². The van der Waals surface area contributed by atoms with Gasteiger partial charge in [-0.25, -0.2) is 0 Å². The molecule has 124 valence electrons. The van der Waals surface area contributed by atoms with Crippen LogP contribution in [-0.2, 0) is 4.79 Å². The van der Waals surface area contributed by atoms with Crippen LogP contribution in [0.15, 0.2) is 0 Å². The maximum Gasteiger partial charge on any atom is 0.394 e. The van der Waals surface area contributed by atoms with Gasteiger partial charge in [-0.05, 0) is 0 Å². The first-order valence-corrected chi connectivity index (χ1v) is 4.46. The second-order valence-electron chi connectivity index (χ2n) is 3.85. The lowest BCUT2D eigenvalue weighted by atomic mass is 10.2. The first kappa shape index (κ1) is 17.8. The van der Waals surface area contributed by atoms with E-state index in [0.717, 1.165) is 0 Å². The van der Waals surface area contributed by atoms with Crippen molar-refractivity contribution in [3.05, 3.63) is 0 Å². The summed E-state index contributed by atoms with van der Waals surface area (Å²) in [5.74, 6) is -20.6. The molecule has 14 heteroatoms. The molecular formula is C7HF12NO. The van der Waals surface area contributed by atoms with E-state index in [1.807, 2.05) is 0 Å². The first-order chi connectivity index (χ1) is 8.93. The molecule has 1 rings (SSSR count). The summed E-state index contributed by atoms with van der Waals surface area (Å²) in [6.45, 7) is 0. The van der Waals surface area contributed by atoms with Crippen molar-refractivity contribution < 1.29 is 57.5 Å². The lowest BCUT2D eigenvalue weighted by molar-refractivity contribution is -0.398. The van der Waals surface area contributed by atoms with Crippen LogP contribution in [0.4, 0.5) is 52.7 Å². The Labute approximate surface area is 106 Å². The van der Waals surface area contributed by atoms with Crippen LogP contribution in [0.1, 0.15) is 0 Å². The average Bonchev–Trinajstić information content (AvgIpc) is 2.32. The number of rotatable bonds is 3. The number of carbonyl (C=O) groups excluding carboxylic acids is 1. The maximum absolute atomic E-state index is 12.9. The molecule has 0 aromatic rings. The highest BCUT2D eigenvalue weighted by Crippen LogP contribution is 2.66. The van der Waals surface area contributed by atoms with Crippen LogP contribution in [-0.4, -0.2) is 47.1 Å². The second-order valence-corrected chi connectivity index (χ2v) is 3.85. The number of carbonyl (C=O) groups is 1. The number of nitrogens with zero attached hydrogens (tertiary/aromatic N) is 1. The van der Waals surface area contributed by atoms with E-state index in [1.54, 1.807) is 0 Å². The first-order valence-electron chi connectivity index (χ1n) is 4.46. The molecule has 2 nitrogen and oxygen atoms in total. The SMILES string of the molecule is O=CC(F)(F)C(F)(F)N1C(F)(F)C(F)(F)C(F)(F)C1(F)F. The molecule has 21 heavy (non-hydrogen) atoms. The summed E-state index contributed by atoms with van der Waals surface area (Å²) in [7, 11) is 0. The Balaban J connectivity index is 3.67. The van der Waals surface area contributed by atoms with Crippen molar-refractivity contribution in [3.8, 4) is 0 Å². The summed E-state index contributed by atoms with van der Waals surface area (Å²) in [5, 5.41) is 0. The summed E-state index contributed by atoms with van der Waals surface area (Å²) in [6, 6.07) is -21.2. The molecule has 1 heterocycles. The summed E-state index contributed by atoms with van der Waals surface area (Å²) in [4.78, 5) is 6.02. The molecule has 0 aliphatic carbocycles. The van der Waals surface area contributed by atoms with Gasteiger partial charge < -0.3 is 0 Å². The molecule has 1 saturated heterocycles. The van der Waals surface area contributed by atoms with Gasteiger partial charge in [-0.3, -0.25) is 4.79 Å². The number of aldehydes is 1. The highest BCUT2D eigenvalue weighted by atomic mass is 19.4. The highest BCUT2D eigenvalue weighted by molar-refractivity contribution is 5.61. The van der Waals surface area contributed by atoms with Crippen LogP contribution in [0, 0.1) is 0 Å². The molecule has 0 radical (unpaired) electrons. The number of alkyl halides is 12. The van der Waals surface area contributed by atoms with Gasteiger partial charge in [-0.2, -0.15) is 52.7 Å². The Kier molecular flexibility index (Phi) is 3.36. The largest absolute Gasteiger partial charge is 0.394 e. The van der Waals surface area contributed by atoms with Crippen molar-refractivity contribution in [2.24, 2.45) is 0 Å². The van der Waals surface area contributed by atoms with Gasteiger partial charge >= 0.3 is 35.9 Å². The molecule has 0 atom stereocenters. The Bertz CT molecular complexity index is 431. The quantitative estimate of drug-likeness (QED) is 0.446. The summed E-state index contributed by atoms with van der Waals surface area (Å²) in [5.41, 5.74) is 0. The molecule has 0 unspecified atom stereocenters. The maximum atomic E-state index is 12.9. The zero-order chi connectivity index (χ0) is 17.3. The monoisotopic (exact) mass is 343 g/mol. The van der Waals surface area contributed by atoms with Gasteiger partial charge in [0.15, 0.2) is 6.29 Å². The van der Waals surface area contributed by atoms with Gasteiger partial charge in [0.1, 0.15) is 0 Å². The summed E-state index contributed by atoms with van der Waals surface area (Å²) >= 11 is 0. The molecule has 1 aliphatic rings. The Morgan fingerprint density at radius 1 is 0.714 bits per heavy atom. The summed E-state index contributed by atoms with van der Waals surface area (Å²) < 4.78 is 152.